The number of fused-ring (bicyclic) bond motifs is 1. The Kier molecular flexibility index (Phi) is 9.99. The Hall–Kier alpha value is -3.49. The molecule has 41 heavy (non-hydrogen) atoms. The van der Waals surface area contributed by atoms with Gasteiger partial charge in [0.2, 0.25) is 5.91 Å². The van der Waals surface area contributed by atoms with Crippen molar-refractivity contribution in [1.29, 1.82) is 5.26 Å². The molecule has 3 aliphatic rings. The van der Waals surface area contributed by atoms with Gasteiger partial charge in [0, 0.05) is 49.4 Å². The van der Waals surface area contributed by atoms with Crippen molar-refractivity contribution in [2.75, 3.05) is 38.1 Å². The molecular formula is C29H32ClF3N4O4. The molecule has 0 aromatic heterocycles. The minimum absolute atomic E-state index is 0.0663. The molecule has 5 rings (SSSR count). The van der Waals surface area contributed by atoms with Gasteiger partial charge < -0.3 is 25.0 Å². The fourth-order valence-corrected chi connectivity index (χ4v) is 5.48. The predicted molar refractivity (Wildman–Crippen MR) is 146 cm³/mol. The van der Waals surface area contributed by atoms with Crippen LogP contribution in [0.1, 0.15) is 48.8 Å². The maximum atomic E-state index is 12.8. The fraction of sp³-hybridized carbons (Fsp3) is 0.483. The summed E-state index contributed by atoms with van der Waals surface area (Å²) in [6.45, 7) is 1.31. The number of benzene rings is 2. The lowest BCUT2D eigenvalue weighted by Gasteiger charge is -2.35. The van der Waals surface area contributed by atoms with Crippen molar-refractivity contribution < 1.29 is 32.6 Å². The second kappa shape index (κ2) is 13.4. The van der Waals surface area contributed by atoms with Gasteiger partial charge in [-0.15, -0.1) is 0 Å². The van der Waals surface area contributed by atoms with Gasteiger partial charge in [-0.3, -0.25) is 9.59 Å². The molecule has 2 aromatic carbocycles. The van der Waals surface area contributed by atoms with Crippen LogP contribution in [0, 0.1) is 11.3 Å². The fourth-order valence-electron chi connectivity index (χ4n) is 5.28. The average Bonchev–Trinajstić information content (AvgIpc) is 3.40. The summed E-state index contributed by atoms with van der Waals surface area (Å²) < 4.78 is 44.1. The van der Waals surface area contributed by atoms with E-state index in [4.69, 9.17) is 26.7 Å². The number of aliphatic hydroxyl groups is 1. The third kappa shape index (κ3) is 7.83. The Morgan fingerprint density at radius 2 is 1.73 bits per heavy atom. The molecule has 2 aliphatic heterocycles. The number of nitrogens with one attached hydrogen (secondary N) is 1. The molecule has 0 bridgehead atoms. The highest BCUT2D eigenvalue weighted by atomic mass is 35.5. The minimum Gasteiger partial charge on any atom is -0.480 e. The first-order chi connectivity index (χ1) is 19.6. The Labute approximate surface area is 241 Å². The van der Waals surface area contributed by atoms with E-state index in [0.717, 1.165) is 37.3 Å². The summed E-state index contributed by atoms with van der Waals surface area (Å²) in [7, 11) is 0. The molecule has 1 unspecified atom stereocenters. The number of aliphatic hydroxyl groups excluding tert-OH is 1. The molecule has 1 aliphatic carbocycles. The zero-order chi connectivity index (χ0) is 29.6. The van der Waals surface area contributed by atoms with Crippen LogP contribution in [-0.2, 0) is 22.2 Å². The van der Waals surface area contributed by atoms with E-state index in [9.17, 15) is 22.8 Å². The van der Waals surface area contributed by atoms with Crippen LogP contribution in [0.4, 0.5) is 18.9 Å². The minimum atomic E-state index is -4.49. The zero-order valence-electron chi connectivity index (χ0n) is 22.4. The lowest BCUT2D eigenvalue weighted by atomic mass is 9.95. The van der Waals surface area contributed by atoms with Crippen molar-refractivity contribution >= 4 is 29.1 Å². The molecule has 1 atom stereocenters. The van der Waals surface area contributed by atoms with Gasteiger partial charge in [0.25, 0.3) is 5.91 Å². The van der Waals surface area contributed by atoms with E-state index in [1.54, 1.807) is 34.1 Å². The Bertz CT molecular complexity index is 1290. The molecule has 1 saturated heterocycles. The monoisotopic (exact) mass is 592 g/mol. The standard InChI is InChI=1S/C15H17ClN2O4.C14H15F3N2/c16-11-1-2-12-10(7-11)8-13(22-12)15(21)18-5-3-17(4-6-18)14(20)9-19;15-14(16,17)13-8-12(7-6-10(13)9-18)19-11-4-2-1-3-5-11/h1-2,7,13,19H,3-6,8-9H2;6-8,11,19H,1-5H2. The number of nitrogens with zero attached hydrogens (tertiary/aromatic N) is 3. The highest BCUT2D eigenvalue weighted by Crippen LogP contribution is 2.34. The number of amides is 2. The van der Waals surface area contributed by atoms with Crippen molar-refractivity contribution in [3.63, 3.8) is 0 Å². The number of piperazine rings is 1. The van der Waals surface area contributed by atoms with E-state index in [-0.39, 0.29) is 23.4 Å². The Morgan fingerprint density at radius 1 is 1.05 bits per heavy atom. The molecule has 12 heteroatoms. The summed E-state index contributed by atoms with van der Waals surface area (Å²) in [4.78, 5) is 27.2. The smallest absolute Gasteiger partial charge is 0.417 e. The van der Waals surface area contributed by atoms with Gasteiger partial charge in [-0.05, 0) is 54.8 Å². The summed E-state index contributed by atoms with van der Waals surface area (Å²) in [6.07, 6.45) is 0.899. The van der Waals surface area contributed by atoms with Crippen LogP contribution in [0.25, 0.3) is 0 Å². The summed E-state index contributed by atoms with van der Waals surface area (Å²) in [5, 5.41) is 21.3. The third-order valence-electron chi connectivity index (χ3n) is 7.47. The van der Waals surface area contributed by atoms with Crippen LogP contribution in [0.5, 0.6) is 5.75 Å². The quantitative estimate of drug-likeness (QED) is 0.536. The number of carbonyl (C=O) groups is 2. The van der Waals surface area contributed by atoms with Gasteiger partial charge in [0.15, 0.2) is 6.10 Å². The van der Waals surface area contributed by atoms with Gasteiger partial charge in [0.1, 0.15) is 12.4 Å². The number of halogens is 4. The van der Waals surface area contributed by atoms with Crippen LogP contribution < -0.4 is 10.1 Å². The van der Waals surface area contributed by atoms with Gasteiger partial charge >= 0.3 is 6.18 Å². The number of alkyl halides is 3. The number of hydrogen-bond donors (Lipinski definition) is 2. The van der Waals surface area contributed by atoms with E-state index in [0.29, 0.717) is 49.1 Å². The lowest BCUT2D eigenvalue weighted by molar-refractivity contribution is -0.144. The number of carbonyl (C=O) groups excluding carboxylic acids is 2. The van der Waals surface area contributed by atoms with Crippen molar-refractivity contribution in [2.24, 2.45) is 0 Å². The number of nitriles is 1. The molecule has 1 saturated carbocycles. The summed E-state index contributed by atoms with van der Waals surface area (Å²) in [5.41, 5.74) is 0.190. The molecule has 2 amide bonds. The molecule has 2 heterocycles. The van der Waals surface area contributed by atoms with Gasteiger partial charge in [-0.25, -0.2) is 0 Å². The highest BCUT2D eigenvalue weighted by molar-refractivity contribution is 6.30. The van der Waals surface area contributed by atoms with Crippen LogP contribution in [-0.4, -0.2) is 71.7 Å². The van der Waals surface area contributed by atoms with Crippen LogP contribution in [0.2, 0.25) is 5.02 Å². The predicted octanol–water partition coefficient (Wildman–Crippen LogP) is 4.63. The van der Waals surface area contributed by atoms with Gasteiger partial charge in [-0.1, -0.05) is 30.9 Å². The number of ether oxygens (including phenoxy) is 1. The van der Waals surface area contributed by atoms with E-state index in [1.807, 2.05) is 6.07 Å². The van der Waals surface area contributed by atoms with E-state index in [1.165, 1.54) is 12.5 Å². The summed E-state index contributed by atoms with van der Waals surface area (Å²) in [6, 6.07) is 11.0. The second-order valence-electron chi connectivity index (χ2n) is 10.3. The largest absolute Gasteiger partial charge is 0.480 e. The zero-order valence-corrected chi connectivity index (χ0v) is 23.2. The number of hydrogen-bond acceptors (Lipinski definition) is 6. The van der Waals surface area contributed by atoms with E-state index in [2.05, 4.69) is 5.32 Å². The van der Waals surface area contributed by atoms with Crippen LogP contribution >= 0.6 is 11.6 Å². The maximum Gasteiger partial charge on any atom is 0.417 e. The molecule has 2 N–H and O–H groups in total. The first kappa shape index (κ1) is 30.5. The van der Waals surface area contributed by atoms with Crippen molar-refractivity contribution in [3.05, 3.63) is 58.1 Å². The molecule has 0 radical (unpaired) electrons. The maximum absolute atomic E-state index is 12.8. The third-order valence-corrected chi connectivity index (χ3v) is 7.71. The van der Waals surface area contributed by atoms with E-state index < -0.39 is 24.5 Å². The van der Waals surface area contributed by atoms with Crippen LogP contribution in [0.3, 0.4) is 0 Å². The average molecular weight is 593 g/mol. The van der Waals surface area contributed by atoms with E-state index >= 15 is 0 Å². The van der Waals surface area contributed by atoms with Crippen molar-refractivity contribution in [1.82, 2.24) is 9.80 Å². The number of rotatable bonds is 4. The SMILES string of the molecule is N#Cc1ccc(NC2CCCCC2)cc1C(F)(F)F.O=C(CO)N1CCN(C(=O)C2Cc3cc(Cl)ccc3O2)CC1. The highest BCUT2D eigenvalue weighted by Gasteiger charge is 2.35. The summed E-state index contributed by atoms with van der Waals surface area (Å²) >= 11 is 5.95. The molecule has 8 nitrogen and oxygen atoms in total. The Morgan fingerprint density at radius 3 is 2.37 bits per heavy atom. The normalized spacial score (nSPS) is 18.9. The first-order valence-electron chi connectivity index (χ1n) is 13.6. The first-order valence-corrected chi connectivity index (χ1v) is 14.0. The molecule has 0 spiro atoms. The Balaban J connectivity index is 0.000000191. The molecule has 2 aromatic rings. The van der Waals surface area contributed by atoms with Crippen molar-refractivity contribution in [3.8, 4) is 11.8 Å². The molecule has 2 fully saturated rings. The molecular weight excluding hydrogens is 561 g/mol. The summed E-state index contributed by atoms with van der Waals surface area (Å²) in [5.74, 6) is 0.339. The second-order valence-corrected chi connectivity index (χ2v) is 10.7. The molecule has 220 valence electrons. The van der Waals surface area contributed by atoms with Crippen molar-refractivity contribution in [2.45, 2.75) is 56.8 Å². The number of anilines is 1. The topological polar surface area (TPSA) is 106 Å². The van der Waals surface area contributed by atoms with Crippen LogP contribution in [0.15, 0.2) is 36.4 Å². The lowest BCUT2D eigenvalue weighted by Crippen LogP contribution is -2.54. The van der Waals surface area contributed by atoms with Gasteiger partial charge in [0.05, 0.1) is 17.2 Å². The van der Waals surface area contributed by atoms with Gasteiger partial charge in [-0.2, -0.15) is 18.4 Å².